The fraction of sp³-hybridized carbons (Fsp3) is 0.400. The first-order valence-corrected chi connectivity index (χ1v) is 9.15. The van der Waals surface area contributed by atoms with Gasteiger partial charge in [0.2, 0.25) is 0 Å². The maximum absolute atomic E-state index is 12.4. The van der Waals surface area contributed by atoms with Gasteiger partial charge in [0.1, 0.15) is 17.3 Å². The fourth-order valence-corrected chi connectivity index (χ4v) is 3.03. The van der Waals surface area contributed by atoms with Crippen molar-refractivity contribution in [2.75, 3.05) is 11.9 Å². The lowest BCUT2D eigenvalue weighted by Gasteiger charge is -2.13. The lowest BCUT2D eigenvalue weighted by atomic mass is 9.97. The summed E-state index contributed by atoms with van der Waals surface area (Å²) in [5.41, 5.74) is 2.90. The minimum atomic E-state index is -0.156. The monoisotopic (exact) mass is 351 g/mol. The molecule has 0 aromatic carbocycles. The molecule has 0 spiro atoms. The van der Waals surface area contributed by atoms with Gasteiger partial charge in [-0.05, 0) is 50.7 Å². The predicted octanol–water partition coefficient (Wildman–Crippen LogP) is 3.41. The van der Waals surface area contributed by atoms with Crippen LogP contribution in [0.4, 0.5) is 5.82 Å². The van der Waals surface area contributed by atoms with Crippen LogP contribution in [0, 0.1) is 6.92 Å². The summed E-state index contributed by atoms with van der Waals surface area (Å²) in [5, 5.41) is 6.19. The Morgan fingerprint density at radius 2 is 2.19 bits per heavy atom. The van der Waals surface area contributed by atoms with Crippen molar-refractivity contribution in [3.8, 4) is 0 Å². The first kappa shape index (κ1) is 18.0. The molecule has 1 amide bonds. The predicted molar refractivity (Wildman–Crippen MR) is 102 cm³/mol. The topological polar surface area (TPSA) is 79.8 Å². The van der Waals surface area contributed by atoms with E-state index >= 15 is 0 Å². The third-order valence-electron chi connectivity index (χ3n) is 4.38. The molecule has 0 saturated carbocycles. The molecule has 1 aliphatic carbocycles. The van der Waals surface area contributed by atoms with E-state index in [1.807, 2.05) is 12.1 Å². The molecular weight excluding hydrogens is 326 g/mol. The number of anilines is 1. The van der Waals surface area contributed by atoms with Gasteiger partial charge in [0.05, 0.1) is 0 Å². The third-order valence-corrected chi connectivity index (χ3v) is 4.38. The first-order valence-electron chi connectivity index (χ1n) is 9.15. The average Bonchev–Trinajstić information content (AvgIpc) is 2.67. The Balaban J connectivity index is 1.55. The van der Waals surface area contributed by atoms with Gasteiger partial charge in [-0.25, -0.2) is 9.97 Å². The Labute approximate surface area is 154 Å². The van der Waals surface area contributed by atoms with Gasteiger partial charge in [-0.2, -0.15) is 0 Å². The van der Waals surface area contributed by atoms with Crippen LogP contribution in [0.3, 0.4) is 0 Å². The van der Waals surface area contributed by atoms with Gasteiger partial charge in [0, 0.05) is 31.5 Å². The van der Waals surface area contributed by atoms with Crippen molar-refractivity contribution in [2.45, 2.75) is 45.6 Å². The lowest BCUT2D eigenvalue weighted by molar-refractivity contribution is 0.0948. The number of nitrogens with one attached hydrogen (secondary N) is 2. The number of pyridine rings is 1. The zero-order valence-corrected chi connectivity index (χ0v) is 15.2. The van der Waals surface area contributed by atoms with E-state index in [0.717, 1.165) is 18.4 Å². The minimum Gasteiger partial charge on any atom is -0.366 e. The summed E-state index contributed by atoms with van der Waals surface area (Å²) in [7, 11) is 0. The summed E-state index contributed by atoms with van der Waals surface area (Å²) in [6, 6.07) is 5.57. The van der Waals surface area contributed by atoms with Gasteiger partial charge in [0.15, 0.2) is 0 Å². The minimum absolute atomic E-state index is 0.156. The van der Waals surface area contributed by atoms with Crippen molar-refractivity contribution >= 4 is 11.7 Å². The molecule has 0 saturated heterocycles. The van der Waals surface area contributed by atoms with Crippen molar-refractivity contribution in [3.63, 3.8) is 0 Å². The zero-order valence-electron chi connectivity index (χ0n) is 15.2. The van der Waals surface area contributed by atoms with Crippen LogP contribution in [-0.4, -0.2) is 27.4 Å². The fourth-order valence-electron chi connectivity index (χ4n) is 3.03. The summed E-state index contributed by atoms with van der Waals surface area (Å²) in [4.78, 5) is 25.1. The molecule has 26 heavy (non-hydrogen) atoms. The standard InChI is InChI=1S/C20H25N5O/c1-15-24-18(20(26)22-11-9-16-6-3-2-4-7-16)12-19(25-15)23-14-17-8-5-10-21-13-17/h5-6,8,10,12-13H,2-4,7,9,11,14H2,1H3,(H,22,26)(H,23,24,25). The van der Waals surface area contributed by atoms with E-state index in [4.69, 9.17) is 0 Å². The molecule has 2 heterocycles. The van der Waals surface area contributed by atoms with Crippen LogP contribution in [0.2, 0.25) is 0 Å². The van der Waals surface area contributed by atoms with Gasteiger partial charge in [-0.15, -0.1) is 0 Å². The largest absolute Gasteiger partial charge is 0.366 e. The molecule has 0 aliphatic heterocycles. The molecule has 6 nitrogen and oxygen atoms in total. The quantitative estimate of drug-likeness (QED) is 0.747. The second-order valence-electron chi connectivity index (χ2n) is 6.51. The zero-order chi connectivity index (χ0) is 18.2. The molecule has 2 aromatic heterocycles. The molecular formula is C20H25N5O. The van der Waals surface area contributed by atoms with E-state index in [-0.39, 0.29) is 5.91 Å². The molecule has 0 unspecified atom stereocenters. The number of carbonyl (C=O) groups is 1. The number of allylic oxidation sites excluding steroid dienone is 1. The average molecular weight is 351 g/mol. The second kappa shape index (κ2) is 9.08. The van der Waals surface area contributed by atoms with Gasteiger partial charge in [-0.3, -0.25) is 9.78 Å². The molecule has 1 aliphatic rings. The van der Waals surface area contributed by atoms with Crippen LogP contribution >= 0.6 is 0 Å². The number of rotatable bonds is 7. The number of hydrogen-bond acceptors (Lipinski definition) is 5. The maximum Gasteiger partial charge on any atom is 0.270 e. The van der Waals surface area contributed by atoms with Crippen molar-refractivity contribution in [3.05, 3.63) is 59.3 Å². The molecule has 3 rings (SSSR count). The molecule has 136 valence electrons. The van der Waals surface area contributed by atoms with Gasteiger partial charge in [0.25, 0.3) is 5.91 Å². The summed E-state index contributed by atoms with van der Waals surface area (Å²) in [5.74, 6) is 1.05. The van der Waals surface area contributed by atoms with Crippen LogP contribution in [0.25, 0.3) is 0 Å². The van der Waals surface area contributed by atoms with Crippen molar-refractivity contribution in [2.24, 2.45) is 0 Å². The highest BCUT2D eigenvalue weighted by Gasteiger charge is 2.11. The van der Waals surface area contributed by atoms with Gasteiger partial charge in [-0.1, -0.05) is 17.7 Å². The molecule has 2 N–H and O–H groups in total. The summed E-state index contributed by atoms with van der Waals surface area (Å²) in [6.45, 7) is 3.03. The number of aromatic nitrogens is 3. The van der Waals surface area contributed by atoms with Crippen LogP contribution in [0.1, 0.15) is 54.0 Å². The van der Waals surface area contributed by atoms with E-state index < -0.39 is 0 Å². The normalized spacial score (nSPS) is 13.8. The van der Waals surface area contributed by atoms with Crippen molar-refractivity contribution < 1.29 is 4.79 Å². The molecule has 2 aromatic rings. The Morgan fingerprint density at radius 1 is 1.27 bits per heavy atom. The highest BCUT2D eigenvalue weighted by atomic mass is 16.1. The second-order valence-corrected chi connectivity index (χ2v) is 6.51. The highest BCUT2D eigenvalue weighted by Crippen LogP contribution is 2.19. The summed E-state index contributed by atoms with van der Waals surface area (Å²) in [6.07, 6.45) is 11.6. The Kier molecular flexibility index (Phi) is 6.30. The van der Waals surface area contributed by atoms with E-state index in [2.05, 4.69) is 31.7 Å². The Morgan fingerprint density at radius 3 is 2.96 bits per heavy atom. The number of carbonyl (C=O) groups excluding carboxylic acids is 1. The Bertz CT molecular complexity index is 773. The van der Waals surface area contributed by atoms with Gasteiger partial charge >= 0.3 is 0 Å². The third kappa shape index (κ3) is 5.37. The van der Waals surface area contributed by atoms with Crippen LogP contribution < -0.4 is 10.6 Å². The van der Waals surface area contributed by atoms with Crippen LogP contribution in [0.5, 0.6) is 0 Å². The van der Waals surface area contributed by atoms with Crippen molar-refractivity contribution in [1.29, 1.82) is 0 Å². The molecule has 0 fully saturated rings. The van der Waals surface area contributed by atoms with Crippen LogP contribution in [0.15, 0.2) is 42.2 Å². The smallest absolute Gasteiger partial charge is 0.270 e. The van der Waals surface area contributed by atoms with E-state index in [1.54, 1.807) is 25.4 Å². The summed E-state index contributed by atoms with van der Waals surface area (Å²) < 4.78 is 0. The summed E-state index contributed by atoms with van der Waals surface area (Å²) >= 11 is 0. The highest BCUT2D eigenvalue weighted by molar-refractivity contribution is 5.92. The SMILES string of the molecule is Cc1nc(NCc2cccnc2)cc(C(=O)NCCC2=CCCCC2)n1. The number of amides is 1. The molecule has 0 radical (unpaired) electrons. The lowest BCUT2D eigenvalue weighted by Crippen LogP contribution is -2.26. The molecule has 6 heteroatoms. The van der Waals surface area contributed by atoms with E-state index in [0.29, 0.717) is 30.4 Å². The van der Waals surface area contributed by atoms with E-state index in [1.165, 1.54) is 24.8 Å². The number of aryl methyl sites for hydroxylation is 1. The van der Waals surface area contributed by atoms with Crippen LogP contribution in [-0.2, 0) is 6.54 Å². The Hall–Kier alpha value is -2.76. The molecule has 0 atom stereocenters. The number of nitrogens with zero attached hydrogens (tertiary/aromatic N) is 3. The number of hydrogen-bond donors (Lipinski definition) is 2. The molecule has 0 bridgehead atoms. The van der Waals surface area contributed by atoms with Gasteiger partial charge < -0.3 is 10.6 Å². The van der Waals surface area contributed by atoms with Crippen molar-refractivity contribution in [1.82, 2.24) is 20.3 Å². The maximum atomic E-state index is 12.4. The first-order chi connectivity index (χ1) is 12.7. The van der Waals surface area contributed by atoms with E-state index in [9.17, 15) is 4.79 Å².